The smallest absolute Gasteiger partial charge is 0.128 e. The van der Waals surface area contributed by atoms with Crippen molar-refractivity contribution in [1.82, 2.24) is 5.32 Å². The lowest BCUT2D eigenvalue weighted by atomic mass is 9.96. The SMILES string of the molecule is CNC(c1cc(C)cc(Br)c1)c1cc(C)ccc1F. The average molecular weight is 322 g/mol. The summed E-state index contributed by atoms with van der Waals surface area (Å²) in [5, 5.41) is 3.20. The zero-order chi connectivity index (χ0) is 14.0. The maximum absolute atomic E-state index is 14.0. The fourth-order valence-electron chi connectivity index (χ4n) is 2.32. The molecule has 0 spiro atoms. The monoisotopic (exact) mass is 321 g/mol. The third-order valence-corrected chi connectivity index (χ3v) is 3.61. The van der Waals surface area contributed by atoms with Gasteiger partial charge >= 0.3 is 0 Å². The molecule has 0 saturated carbocycles. The third-order valence-electron chi connectivity index (χ3n) is 3.15. The molecular weight excluding hydrogens is 305 g/mol. The minimum absolute atomic E-state index is 0.143. The number of hydrogen-bond acceptors (Lipinski definition) is 1. The summed E-state index contributed by atoms with van der Waals surface area (Å²) in [6.07, 6.45) is 0. The van der Waals surface area contributed by atoms with Crippen molar-refractivity contribution >= 4 is 15.9 Å². The Labute approximate surface area is 122 Å². The number of rotatable bonds is 3. The largest absolute Gasteiger partial charge is 0.309 e. The molecule has 100 valence electrons. The second-order valence-electron chi connectivity index (χ2n) is 4.81. The van der Waals surface area contributed by atoms with Crippen LogP contribution in [0.15, 0.2) is 40.9 Å². The van der Waals surface area contributed by atoms with Gasteiger partial charge in [-0.15, -0.1) is 0 Å². The fraction of sp³-hybridized carbons (Fsp3) is 0.250. The molecule has 1 N–H and O–H groups in total. The maximum atomic E-state index is 14.0. The Bertz CT molecular complexity index is 575. The predicted molar refractivity (Wildman–Crippen MR) is 80.9 cm³/mol. The number of hydrogen-bond donors (Lipinski definition) is 1. The lowest BCUT2D eigenvalue weighted by molar-refractivity contribution is 0.575. The normalized spacial score (nSPS) is 12.5. The van der Waals surface area contributed by atoms with Crippen molar-refractivity contribution in [2.45, 2.75) is 19.9 Å². The Balaban J connectivity index is 2.52. The zero-order valence-electron chi connectivity index (χ0n) is 11.3. The van der Waals surface area contributed by atoms with Crippen LogP contribution in [0.5, 0.6) is 0 Å². The van der Waals surface area contributed by atoms with Gasteiger partial charge in [-0.2, -0.15) is 0 Å². The van der Waals surface area contributed by atoms with Crippen LogP contribution in [0.4, 0.5) is 4.39 Å². The average Bonchev–Trinajstić information content (AvgIpc) is 2.33. The molecule has 0 saturated heterocycles. The molecule has 0 bridgehead atoms. The van der Waals surface area contributed by atoms with Crippen LogP contribution < -0.4 is 5.32 Å². The standard InChI is InChI=1S/C16H17BrFN/c1-10-4-5-15(18)14(8-10)16(19-3)12-6-11(2)7-13(17)9-12/h4-9,16,19H,1-3H3. The minimum Gasteiger partial charge on any atom is -0.309 e. The highest BCUT2D eigenvalue weighted by Gasteiger charge is 2.17. The lowest BCUT2D eigenvalue weighted by Crippen LogP contribution is -2.19. The molecule has 1 nitrogen and oxygen atoms in total. The van der Waals surface area contributed by atoms with Gasteiger partial charge in [-0.1, -0.05) is 39.7 Å². The third kappa shape index (κ3) is 3.23. The van der Waals surface area contributed by atoms with Crippen LogP contribution in [0.1, 0.15) is 28.3 Å². The van der Waals surface area contributed by atoms with Crippen LogP contribution in [-0.4, -0.2) is 7.05 Å². The van der Waals surface area contributed by atoms with Crippen LogP contribution >= 0.6 is 15.9 Å². The van der Waals surface area contributed by atoms with Crippen molar-refractivity contribution < 1.29 is 4.39 Å². The molecule has 0 fully saturated rings. The first-order valence-electron chi connectivity index (χ1n) is 6.21. The molecule has 0 aliphatic carbocycles. The first-order valence-corrected chi connectivity index (χ1v) is 7.01. The van der Waals surface area contributed by atoms with E-state index in [1.807, 2.05) is 39.1 Å². The summed E-state index contributed by atoms with van der Waals surface area (Å²) in [4.78, 5) is 0. The summed E-state index contributed by atoms with van der Waals surface area (Å²) in [7, 11) is 1.85. The van der Waals surface area contributed by atoms with Crippen LogP contribution in [0.25, 0.3) is 0 Å². The summed E-state index contributed by atoms with van der Waals surface area (Å²) < 4.78 is 15.1. The van der Waals surface area contributed by atoms with Gasteiger partial charge in [0.1, 0.15) is 5.82 Å². The predicted octanol–water partition coefficient (Wildman–Crippen LogP) is 4.51. The van der Waals surface area contributed by atoms with Gasteiger partial charge in [0, 0.05) is 10.0 Å². The van der Waals surface area contributed by atoms with E-state index < -0.39 is 0 Å². The Morgan fingerprint density at radius 1 is 1.05 bits per heavy atom. The van der Waals surface area contributed by atoms with Gasteiger partial charge in [-0.05, 0) is 50.2 Å². The molecule has 2 rings (SSSR count). The van der Waals surface area contributed by atoms with Crippen molar-refractivity contribution in [3.63, 3.8) is 0 Å². The fourth-order valence-corrected chi connectivity index (χ4v) is 2.94. The lowest BCUT2D eigenvalue weighted by Gasteiger charge is -2.19. The van der Waals surface area contributed by atoms with E-state index in [4.69, 9.17) is 0 Å². The summed E-state index contributed by atoms with van der Waals surface area (Å²) in [5.74, 6) is -0.178. The van der Waals surface area contributed by atoms with E-state index in [2.05, 4.69) is 27.3 Å². The molecule has 2 aromatic carbocycles. The van der Waals surface area contributed by atoms with Gasteiger partial charge in [0.2, 0.25) is 0 Å². The van der Waals surface area contributed by atoms with Crippen LogP contribution in [-0.2, 0) is 0 Å². The van der Waals surface area contributed by atoms with E-state index in [-0.39, 0.29) is 11.9 Å². The molecular formula is C16H17BrFN. The van der Waals surface area contributed by atoms with E-state index in [9.17, 15) is 4.39 Å². The highest BCUT2D eigenvalue weighted by Crippen LogP contribution is 2.28. The van der Waals surface area contributed by atoms with Gasteiger partial charge in [-0.3, -0.25) is 0 Å². The molecule has 0 amide bonds. The number of aryl methyl sites for hydroxylation is 2. The number of nitrogens with one attached hydrogen (secondary N) is 1. The molecule has 0 aliphatic heterocycles. The second kappa shape index (κ2) is 5.85. The number of benzene rings is 2. The Kier molecular flexibility index (Phi) is 4.38. The molecule has 0 heterocycles. The van der Waals surface area contributed by atoms with E-state index in [0.29, 0.717) is 5.56 Å². The Morgan fingerprint density at radius 3 is 2.42 bits per heavy atom. The molecule has 2 aromatic rings. The van der Waals surface area contributed by atoms with Gasteiger partial charge in [0.15, 0.2) is 0 Å². The van der Waals surface area contributed by atoms with Crippen LogP contribution in [0, 0.1) is 19.7 Å². The first kappa shape index (κ1) is 14.2. The summed E-state index contributed by atoms with van der Waals surface area (Å²) in [6.45, 7) is 4.01. The first-order chi connectivity index (χ1) is 9.01. The van der Waals surface area contributed by atoms with Gasteiger partial charge in [-0.25, -0.2) is 4.39 Å². The molecule has 19 heavy (non-hydrogen) atoms. The van der Waals surface area contributed by atoms with Crippen molar-refractivity contribution in [2.75, 3.05) is 7.05 Å². The van der Waals surface area contributed by atoms with E-state index in [1.165, 1.54) is 6.07 Å². The molecule has 0 radical (unpaired) electrons. The quantitative estimate of drug-likeness (QED) is 0.876. The summed E-state index contributed by atoms with van der Waals surface area (Å²) >= 11 is 3.49. The van der Waals surface area contributed by atoms with Crippen LogP contribution in [0.2, 0.25) is 0 Å². The number of halogens is 2. The topological polar surface area (TPSA) is 12.0 Å². The van der Waals surface area contributed by atoms with Crippen molar-refractivity contribution in [3.05, 3.63) is 68.9 Å². The molecule has 0 aliphatic rings. The highest BCUT2D eigenvalue weighted by atomic mass is 79.9. The zero-order valence-corrected chi connectivity index (χ0v) is 12.9. The second-order valence-corrected chi connectivity index (χ2v) is 5.72. The molecule has 0 aromatic heterocycles. The van der Waals surface area contributed by atoms with Crippen molar-refractivity contribution in [2.24, 2.45) is 0 Å². The van der Waals surface area contributed by atoms with E-state index in [1.54, 1.807) is 6.07 Å². The highest BCUT2D eigenvalue weighted by molar-refractivity contribution is 9.10. The van der Waals surface area contributed by atoms with E-state index >= 15 is 0 Å². The van der Waals surface area contributed by atoms with Crippen molar-refractivity contribution in [1.29, 1.82) is 0 Å². The summed E-state index contributed by atoms with van der Waals surface area (Å²) in [5.41, 5.74) is 3.94. The maximum Gasteiger partial charge on any atom is 0.128 e. The summed E-state index contributed by atoms with van der Waals surface area (Å²) in [6, 6.07) is 11.2. The Hall–Kier alpha value is -1.19. The Morgan fingerprint density at radius 2 is 1.79 bits per heavy atom. The van der Waals surface area contributed by atoms with Gasteiger partial charge in [0.25, 0.3) is 0 Å². The van der Waals surface area contributed by atoms with Gasteiger partial charge < -0.3 is 5.32 Å². The molecule has 1 atom stereocenters. The van der Waals surface area contributed by atoms with Gasteiger partial charge in [0.05, 0.1) is 6.04 Å². The molecule has 1 unspecified atom stereocenters. The minimum atomic E-state index is -0.178. The van der Waals surface area contributed by atoms with E-state index in [0.717, 1.165) is 21.2 Å². The molecule has 3 heteroatoms. The van der Waals surface area contributed by atoms with Crippen molar-refractivity contribution in [3.8, 4) is 0 Å². The van der Waals surface area contributed by atoms with Crippen LogP contribution in [0.3, 0.4) is 0 Å².